The minimum Gasteiger partial charge on any atom is -0.462 e. The van der Waals surface area contributed by atoms with Crippen molar-refractivity contribution in [1.82, 2.24) is 15.1 Å². The van der Waals surface area contributed by atoms with Crippen molar-refractivity contribution in [2.24, 2.45) is 11.3 Å². The van der Waals surface area contributed by atoms with E-state index in [1.54, 1.807) is 4.68 Å². The van der Waals surface area contributed by atoms with Crippen LogP contribution in [0.2, 0.25) is 0 Å². The second-order valence-corrected chi connectivity index (χ2v) is 8.98. The van der Waals surface area contributed by atoms with Crippen LogP contribution >= 0.6 is 0 Å². The summed E-state index contributed by atoms with van der Waals surface area (Å²) in [7, 11) is 0. The van der Waals surface area contributed by atoms with Crippen LogP contribution in [0, 0.1) is 17.2 Å². The van der Waals surface area contributed by atoms with Gasteiger partial charge in [-0.1, -0.05) is 6.92 Å². The molecule has 1 aromatic carbocycles. The number of halogens is 1. The molecule has 1 unspecified atom stereocenters. The van der Waals surface area contributed by atoms with Crippen molar-refractivity contribution in [2.75, 3.05) is 26.4 Å². The van der Waals surface area contributed by atoms with E-state index >= 15 is 0 Å². The highest BCUT2D eigenvalue weighted by Gasteiger charge is 2.39. The summed E-state index contributed by atoms with van der Waals surface area (Å²) in [5.41, 5.74) is 2.88. The smallest absolute Gasteiger partial charge is 0.338 e. The molecule has 1 N–H and O–H groups in total. The number of hydrogen-bond acceptors (Lipinski definition) is 5. The minimum absolute atomic E-state index is 0.00615. The number of hydrogen-bond donors (Lipinski definition) is 1. The summed E-state index contributed by atoms with van der Waals surface area (Å²) >= 11 is 0. The third kappa shape index (κ3) is 4.70. The Balaban J connectivity index is 1.49. The number of amides is 1. The number of carbonyl (C=O) groups is 2. The van der Waals surface area contributed by atoms with Gasteiger partial charge in [0.25, 0.3) is 5.91 Å². The second kappa shape index (κ2) is 9.40. The number of nitrogens with one attached hydrogen (secondary N) is 1. The van der Waals surface area contributed by atoms with Gasteiger partial charge in [-0.05, 0) is 68.2 Å². The average Bonchev–Trinajstić information content (AvgIpc) is 3.06. The quantitative estimate of drug-likeness (QED) is 0.694. The van der Waals surface area contributed by atoms with Crippen LogP contribution in [0.15, 0.2) is 24.3 Å². The summed E-state index contributed by atoms with van der Waals surface area (Å²) in [6.45, 7) is 6.87. The molecule has 172 valence electrons. The highest BCUT2D eigenvalue weighted by Crippen LogP contribution is 2.38. The third-order valence-electron chi connectivity index (χ3n) is 6.50. The molecule has 0 bridgehead atoms. The first-order valence-electron chi connectivity index (χ1n) is 11.3. The Morgan fingerprint density at radius 1 is 1.31 bits per heavy atom. The van der Waals surface area contributed by atoms with Crippen LogP contribution in [-0.4, -0.2) is 48.0 Å². The Kier molecular flexibility index (Phi) is 6.60. The molecule has 2 aliphatic heterocycles. The lowest BCUT2D eigenvalue weighted by molar-refractivity contribution is 0.0160. The van der Waals surface area contributed by atoms with Gasteiger partial charge in [-0.2, -0.15) is 5.10 Å². The number of ether oxygens (including phenoxy) is 2. The molecule has 1 fully saturated rings. The first kappa shape index (κ1) is 22.5. The summed E-state index contributed by atoms with van der Waals surface area (Å²) in [5.74, 6) is -0.927. The van der Waals surface area contributed by atoms with E-state index in [2.05, 4.69) is 5.32 Å². The normalized spacial score (nSPS) is 18.5. The predicted molar refractivity (Wildman–Crippen MR) is 116 cm³/mol. The molecule has 7 nitrogen and oxygen atoms in total. The summed E-state index contributed by atoms with van der Waals surface area (Å²) in [6.07, 6.45) is 3.22. The molecule has 0 aliphatic carbocycles. The first-order valence-corrected chi connectivity index (χ1v) is 11.3. The van der Waals surface area contributed by atoms with Gasteiger partial charge in [-0.15, -0.1) is 0 Å². The first-order chi connectivity index (χ1) is 15.4. The van der Waals surface area contributed by atoms with Gasteiger partial charge >= 0.3 is 5.97 Å². The highest BCUT2D eigenvalue weighted by atomic mass is 19.1. The highest BCUT2D eigenvalue weighted by molar-refractivity contribution is 5.94. The van der Waals surface area contributed by atoms with E-state index in [4.69, 9.17) is 14.6 Å². The van der Waals surface area contributed by atoms with Crippen molar-refractivity contribution in [3.05, 3.63) is 52.6 Å². The number of aryl methyl sites for hydroxylation is 1. The molecular weight excluding hydrogens is 413 g/mol. The molecule has 1 aromatic heterocycles. The van der Waals surface area contributed by atoms with Gasteiger partial charge < -0.3 is 14.8 Å². The fourth-order valence-corrected chi connectivity index (χ4v) is 4.60. The number of benzene rings is 1. The zero-order valence-electron chi connectivity index (χ0n) is 18.7. The van der Waals surface area contributed by atoms with Crippen LogP contribution in [0.4, 0.5) is 4.39 Å². The van der Waals surface area contributed by atoms with E-state index < -0.39 is 11.8 Å². The van der Waals surface area contributed by atoms with Gasteiger partial charge in [0.1, 0.15) is 11.5 Å². The van der Waals surface area contributed by atoms with Crippen LogP contribution in [0.3, 0.4) is 0 Å². The molecule has 1 atom stereocenters. The molecule has 3 heterocycles. The van der Waals surface area contributed by atoms with Crippen molar-refractivity contribution in [3.8, 4) is 0 Å². The molecule has 2 aromatic rings. The lowest BCUT2D eigenvalue weighted by Gasteiger charge is -2.36. The predicted octanol–water partition coefficient (Wildman–Crippen LogP) is 3.16. The Hall–Kier alpha value is -2.74. The van der Waals surface area contributed by atoms with Gasteiger partial charge in [0.05, 0.1) is 17.9 Å². The molecule has 4 rings (SSSR count). The maximum Gasteiger partial charge on any atom is 0.338 e. The number of nitrogens with zero attached hydrogens (tertiary/aromatic N) is 2. The Labute approximate surface area is 187 Å². The number of aromatic nitrogens is 2. The monoisotopic (exact) mass is 443 g/mol. The van der Waals surface area contributed by atoms with Gasteiger partial charge in [0, 0.05) is 31.9 Å². The molecular formula is C24H30FN3O4. The zero-order valence-corrected chi connectivity index (χ0v) is 18.7. The molecule has 32 heavy (non-hydrogen) atoms. The Morgan fingerprint density at radius 2 is 2.03 bits per heavy atom. The number of fused-ring (bicyclic) bond motifs is 1. The maximum atomic E-state index is 13.1. The largest absolute Gasteiger partial charge is 0.462 e. The van der Waals surface area contributed by atoms with Crippen LogP contribution in [0.1, 0.15) is 58.8 Å². The van der Waals surface area contributed by atoms with E-state index in [0.29, 0.717) is 44.0 Å². The molecule has 0 radical (unpaired) electrons. The molecule has 1 spiro atoms. The summed E-state index contributed by atoms with van der Waals surface area (Å²) in [4.78, 5) is 25.2. The fourth-order valence-electron chi connectivity index (χ4n) is 4.60. The van der Waals surface area contributed by atoms with Crippen LogP contribution in [0.5, 0.6) is 0 Å². The van der Waals surface area contributed by atoms with E-state index in [-0.39, 0.29) is 23.8 Å². The lowest BCUT2D eigenvalue weighted by Crippen LogP contribution is -2.40. The molecule has 0 saturated carbocycles. The van der Waals surface area contributed by atoms with E-state index in [1.807, 2.05) is 13.8 Å². The molecule has 1 amide bonds. The maximum absolute atomic E-state index is 13.1. The van der Waals surface area contributed by atoms with Gasteiger partial charge in [-0.25, -0.2) is 9.18 Å². The topological polar surface area (TPSA) is 82.5 Å². The van der Waals surface area contributed by atoms with Crippen LogP contribution < -0.4 is 5.32 Å². The average molecular weight is 444 g/mol. The summed E-state index contributed by atoms with van der Waals surface area (Å²) in [6, 6.07) is 5.31. The Bertz CT molecular complexity index is 980. The van der Waals surface area contributed by atoms with Crippen molar-refractivity contribution in [2.45, 2.75) is 46.1 Å². The van der Waals surface area contributed by atoms with Crippen LogP contribution in [0.25, 0.3) is 0 Å². The molecule has 1 saturated heterocycles. The lowest BCUT2D eigenvalue weighted by atomic mass is 9.75. The van der Waals surface area contributed by atoms with Crippen LogP contribution in [-0.2, 0) is 28.9 Å². The van der Waals surface area contributed by atoms with Gasteiger partial charge in [-0.3, -0.25) is 9.48 Å². The van der Waals surface area contributed by atoms with Crippen molar-refractivity contribution < 1.29 is 23.5 Å². The standard InChI is InChI=1S/C24H30FN3O4/c1-3-28-21-19(13-24(15-26-22(21)29)8-10-31-11-9-24)20(27-28)12-16(2)14-32-23(30)17-4-6-18(25)7-5-17/h4-7,16H,3,8-15H2,1-2H3,(H,26,29). The summed E-state index contributed by atoms with van der Waals surface area (Å²) < 4.78 is 25.9. The van der Waals surface area contributed by atoms with Gasteiger partial charge in [0.2, 0.25) is 0 Å². The van der Waals surface area contributed by atoms with Crippen molar-refractivity contribution >= 4 is 11.9 Å². The minimum atomic E-state index is -0.477. The van der Waals surface area contributed by atoms with E-state index in [0.717, 1.165) is 30.5 Å². The number of esters is 1. The third-order valence-corrected chi connectivity index (χ3v) is 6.50. The fraction of sp³-hybridized carbons (Fsp3) is 0.542. The SMILES string of the molecule is CCn1nc(CC(C)COC(=O)c2ccc(F)cc2)c2c1C(=O)NCC1(CCOCC1)C2. The summed E-state index contributed by atoms with van der Waals surface area (Å²) in [5, 5.41) is 7.87. The van der Waals surface area contributed by atoms with Gasteiger partial charge in [0.15, 0.2) is 0 Å². The second-order valence-electron chi connectivity index (χ2n) is 8.98. The van der Waals surface area contributed by atoms with E-state index in [1.165, 1.54) is 24.3 Å². The Morgan fingerprint density at radius 3 is 2.72 bits per heavy atom. The van der Waals surface area contributed by atoms with Crippen molar-refractivity contribution in [1.29, 1.82) is 0 Å². The zero-order chi connectivity index (χ0) is 22.7. The number of carbonyl (C=O) groups excluding carboxylic acids is 2. The number of rotatable bonds is 6. The molecule has 8 heteroatoms. The molecule has 2 aliphatic rings. The van der Waals surface area contributed by atoms with E-state index in [9.17, 15) is 14.0 Å². The van der Waals surface area contributed by atoms with Crippen molar-refractivity contribution in [3.63, 3.8) is 0 Å².